The molecule has 0 saturated heterocycles. The maximum absolute atomic E-state index is 14.2. The maximum atomic E-state index is 14.2. The Hall–Kier alpha value is -5.44. The molecule has 8 nitrogen and oxygen atoms in total. The Morgan fingerprint density at radius 2 is 1.37 bits per heavy atom. The van der Waals surface area contributed by atoms with Crippen molar-refractivity contribution in [3.8, 4) is 16.9 Å². The fourth-order valence-corrected chi connectivity index (χ4v) is 6.59. The van der Waals surface area contributed by atoms with Gasteiger partial charge in [-0.15, -0.1) is 4.48 Å². The fourth-order valence-electron chi connectivity index (χ4n) is 6.47. The van der Waals surface area contributed by atoms with Crippen molar-refractivity contribution >= 4 is 29.7 Å². The van der Waals surface area contributed by atoms with Crippen LogP contribution in [-0.4, -0.2) is 46.4 Å². The number of carbonyl (C=O) groups is 3. The van der Waals surface area contributed by atoms with Crippen LogP contribution in [0.3, 0.4) is 0 Å². The van der Waals surface area contributed by atoms with E-state index in [1.165, 1.54) is 0 Å². The van der Waals surface area contributed by atoms with Crippen molar-refractivity contribution in [2.24, 2.45) is 0 Å². The highest BCUT2D eigenvalue weighted by molar-refractivity contribution is 6.30. The summed E-state index contributed by atoms with van der Waals surface area (Å²) in [5.74, 6) is -1.56. The average molecular weight is 718 g/mol. The highest BCUT2D eigenvalue weighted by Gasteiger charge is 2.51. The maximum Gasteiger partial charge on any atom is 0.526 e. The van der Waals surface area contributed by atoms with Crippen molar-refractivity contribution < 1.29 is 33.4 Å². The normalized spacial score (nSPS) is 16.5. The zero-order valence-electron chi connectivity index (χ0n) is 29.4. The predicted molar refractivity (Wildman–Crippen MR) is 201 cm³/mol. The lowest BCUT2D eigenvalue weighted by atomic mass is 9.96. The van der Waals surface area contributed by atoms with E-state index in [4.69, 9.17) is 21.1 Å². The smallest absolute Gasteiger partial charge is 0.481 e. The van der Waals surface area contributed by atoms with Crippen LogP contribution in [0.1, 0.15) is 60.6 Å². The van der Waals surface area contributed by atoms with Gasteiger partial charge in [0.15, 0.2) is 0 Å². The molecule has 0 aliphatic carbocycles. The summed E-state index contributed by atoms with van der Waals surface area (Å²) in [5.41, 5.74) is 5.25. The van der Waals surface area contributed by atoms with Crippen LogP contribution in [0.15, 0.2) is 127 Å². The molecule has 52 heavy (non-hydrogen) atoms. The number of nitrogens with zero attached hydrogens (tertiary/aromatic N) is 1. The molecule has 0 saturated carbocycles. The molecule has 0 spiro atoms. The summed E-state index contributed by atoms with van der Waals surface area (Å²) in [4.78, 5) is 40.7. The Balaban J connectivity index is 1.26. The molecule has 5 aromatic rings. The predicted octanol–water partition coefficient (Wildman–Crippen LogP) is 9.56. The van der Waals surface area contributed by atoms with Gasteiger partial charge in [-0.3, -0.25) is 4.79 Å². The first-order chi connectivity index (χ1) is 24.9. The number of carboxylic acids is 1. The van der Waals surface area contributed by atoms with Gasteiger partial charge in [0.05, 0.1) is 5.92 Å². The van der Waals surface area contributed by atoms with Crippen molar-refractivity contribution in [1.82, 2.24) is 5.32 Å². The Bertz CT molecular complexity index is 2030. The van der Waals surface area contributed by atoms with Crippen LogP contribution in [0.2, 0.25) is 5.02 Å². The summed E-state index contributed by atoms with van der Waals surface area (Å²) in [7, 11) is 0. The molecule has 0 aromatic heterocycles. The first-order valence-electron chi connectivity index (χ1n) is 17.3. The Labute approximate surface area is 309 Å². The molecule has 3 amide bonds. The number of hydrogen-bond donors (Lipinski definition) is 2. The van der Waals surface area contributed by atoms with Crippen molar-refractivity contribution in [3.05, 3.63) is 160 Å². The van der Waals surface area contributed by atoms with Gasteiger partial charge in [-0.1, -0.05) is 115 Å². The number of halogens is 1. The number of aliphatic carboxylic acids is 1. The van der Waals surface area contributed by atoms with E-state index in [1.807, 2.05) is 115 Å². The van der Waals surface area contributed by atoms with Crippen LogP contribution in [0.25, 0.3) is 11.1 Å². The van der Waals surface area contributed by atoms with E-state index in [9.17, 15) is 19.5 Å². The van der Waals surface area contributed by atoms with Crippen LogP contribution >= 0.6 is 11.6 Å². The van der Waals surface area contributed by atoms with E-state index in [0.717, 1.165) is 33.4 Å². The number of amides is 3. The minimum Gasteiger partial charge on any atom is -0.481 e. The van der Waals surface area contributed by atoms with E-state index in [0.29, 0.717) is 22.8 Å². The van der Waals surface area contributed by atoms with Crippen molar-refractivity contribution in [2.75, 3.05) is 13.1 Å². The second kappa shape index (κ2) is 15.4. The number of imide groups is 1. The number of carbonyl (C=O) groups excluding carboxylic acids is 2. The van der Waals surface area contributed by atoms with Crippen LogP contribution in [0, 0.1) is 0 Å². The number of urea groups is 1. The first-order valence-corrected chi connectivity index (χ1v) is 17.7. The monoisotopic (exact) mass is 717 g/mol. The van der Waals surface area contributed by atoms with E-state index >= 15 is 0 Å². The highest BCUT2D eigenvalue weighted by atomic mass is 35.5. The van der Waals surface area contributed by atoms with E-state index in [1.54, 1.807) is 32.9 Å². The summed E-state index contributed by atoms with van der Waals surface area (Å²) < 4.78 is 11.8. The van der Waals surface area contributed by atoms with E-state index < -0.39 is 40.2 Å². The van der Waals surface area contributed by atoms with Crippen LogP contribution in [0.5, 0.6) is 5.75 Å². The summed E-state index contributed by atoms with van der Waals surface area (Å²) in [6.07, 6.45) is -0.724. The zero-order valence-corrected chi connectivity index (χ0v) is 30.2. The summed E-state index contributed by atoms with van der Waals surface area (Å²) in [6.45, 7) is 5.20. The zero-order chi connectivity index (χ0) is 36.9. The first kappa shape index (κ1) is 36.4. The SMILES string of the molecule is CC(C)(C)OC(=O)[N+]1(C(=O)NCC(C(=O)O)c2ccc(-c3ccccc3)cc2)CCc2ccc(O[C@@H](c3ccccc3)c3ccc(Cl)cc3)cc2C1. The number of fused-ring (bicyclic) bond motifs is 1. The van der Waals surface area contributed by atoms with Gasteiger partial charge >= 0.3 is 18.1 Å². The Morgan fingerprint density at radius 3 is 2.00 bits per heavy atom. The van der Waals surface area contributed by atoms with Crippen molar-refractivity contribution in [2.45, 2.75) is 51.4 Å². The number of carboxylic acid groups (broad SMARTS) is 1. The number of benzene rings is 5. The fraction of sp³-hybridized carbons (Fsp3) is 0.233. The van der Waals surface area contributed by atoms with Crippen LogP contribution < -0.4 is 10.1 Å². The molecule has 0 radical (unpaired) electrons. The minimum atomic E-state index is -1.09. The van der Waals surface area contributed by atoms with Gasteiger partial charge in [0.2, 0.25) is 0 Å². The molecule has 2 N–H and O–H groups in total. The molecule has 1 aliphatic heterocycles. The van der Waals surface area contributed by atoms with Gasteiger partial charge in [0.1, 0.15) is 30.5 Å². The van der Waals surface area contributed by atoms with Crippen molar-refractivity contribution in [1.29, 1.82) is 0 Å². The number of rotatable bonds is 9. The third kappa shape index (κ3) is 8.36. The molecule has 2 unspecified atom stereocenters. The molecule has 1 heterocycles. The van der Waals surface area contributed by atoms with Gasteiger partial charge < -0.3 is 19.9 Å². The molecule has 1 aliphatic rings. The molecular weight excluding hydrogens is 676 g/mol. The van der Waals surface area contributed by atoms with Gasteiger partial charge in [-0.25, -0.2) is 4.79 Å². The molecule has 6 rings (SSSR count). The highest BCUT2D eigenvalue weighted by Crippen LogP contribution is 2.35. The van der Waals surface area contributed by atoms with Crippen LogP contribution in [-0.2, 0) is 22.5 Å². The van der Waals surface area contributed by atoms with Gasteiger partial charge in [-0.05, 0) is 78.4 Å². The number of quaternary nitrogens is 1. The Kier molecular flexibility index (Phi) is 10.8. The summed E-state index contributed by atoms with van der Waals surface area (Å²) in [6, 6.07) is 39.5. The molecular formula is C43H42ClN2O6+. The Morgan fingerprint density at radius 1 is 0.769 bits per heavy atom. The van der Waals surface area contributed by atoms with Gasteiger partial charge in [0, 0.05) is 23.6 Å². The molecule has 5 aromatic carbocycles. The minimum absolute atomic E-state index is 0.00768. The van der Waals surface area contributed by atoms with E-state index in [-0.39, 0.29) is 19.6 Å². The van der Waals surface area contributed by atoms with Gasteiger partial charge in [0.25, 0.3) is 0 Å². The third-order valence-corrected chi connectivity index (χ3v) is 9.47. The standard InChI is InChI=1S/C43H41ClN2O6/c1-43(2,3)52-42(50)46(41(49)45-27-38(40(47)48)32-16-14-30(15-17-32)29-10-6-4-7-11-29)25-24-31-20-23-37(26-35(31)28-46)51-39(33-12-8-5-9-13-33)34-18-21-36(44)22-19-34/h4-23,26,38-39H,24-25,27-28H2,1-3H3,(H-,45,47,48,49)/p+1/t38?,39-,46?/m0/s1. The summed E-state index contributed by atoms with van der Waals surface area (Å²) >= 11 is 6.19. The molecule has 266 valence electrons. The molecule has 3 atom stereocenters. The average Bonchev–Trinajstić information content (AvgIpc) is 3.14. The molecule has 0 bridgehead atoms. The summed E-state index contributed by atoms with van der Waals surface area (Å²) in [5, 5.41) is 13.6. The van der Waals surface area contributed by atoms with Crippen LogP contribution in [0.4, 0.5) is 9.59 Å². The van der Waals surface area contributed by atoms with Gasteiger partial charge in [-0.2, -0.15) is 4.79 Å². The molecule has 9 heteroatoms. The topological polar surface area (TPSA) is 102 Å². The van der Waals surface area contributed by atoms with Crippen molar-refractivity contribution in [3.63, 3.8) is 0 Å². The second-order valence-corrected chi connectivity index (χ2v) is 14.5. The number of ether oxygens (including phenoxy) is 2. The number of nitrogens with one attached hydrogen (secondary N) is 1. The molecule has 0 fully saturated rings. The lowest BCUT2D eigenvalue weighted by Gasteiger charge is -2.37. The van der Waals surface area contributed by atoms with E-state index in [2.05, 4.69) is 5.32 Å². The lowest BCUT2D eigenvalue weighted by Crippen LogP contribution is -2.63. The third-order valence-electron chi connectivity index (χ3n) is 9.22. The largest absolute Gasteiger partial charge is 0.526 e. The lowest BCUT2D eigenvalue weighted by molar-refractivity contribution is -0.795. The second-order valence-electron chi connectivity index (χ2n) is 14.0. The number of hydrogen-bond acceptors (Lipinski definition) is 5. The quantitative estimate of drug-likeness (QED) is 0.147.